The number of nitrogens with one attached hydrogen (secondary N) is 1. The SMILES string of the molecule is O=C(Nc1cccc2ccccc12)c1cccc(N2C(=O)[C@@H]3[C@@H]4C=C[C@H]([C@H]5C[C@H]45)[C@@H]3C2=O)c1. The molecule has 1 N–H and O–H groups in total. The first kappa shape index (κ1) is 18.8. The van der Waals surface area contributed by atoms with Crippen LogP contribution in [0.4, 0.5) is 11.4 Å². The Kier molecular flexibility index (Phi) is 3.78. The van der Waals surface area contributed by atoms with E-state index in [0.29, 0.717) is 23.1 Å². The summed E-state index contributed by atoms with van der Waals surface area (Å²) in [5, 5.41) is 4.99. The van der Waals surface area contributed by atoms with Gasteiger partial charge in [-0.1, -0.05) is 54.6 Å². The van der Waals surface area contributed by atoms with Crippen molar-refractivity contribution in [2.45, 2.75) is 6.42 Å². The molecule has 3 fully saturated rings. The number of carbonyl (C=O) groups excluding carboxylic acids is 3. The van der Waals surface area contributed by atoms with Crippen LogP contribution in [-0.2, 0) is 9.59 Å². The largest absolute Gasteiger partial charge is 0.321 e. The summed E-state index contributed by atoms with van der Waals surface area (Å²) >= 11 is 0. The first-order valence-corrected chi connectivity index (χ1v) is 11.6. The monoisotopic (exact) mass is 434 g/mol. The molecule has 0 unspecified atom stereocenters. The van der Waals surface area contributed by atoms with Gasteiger partial charge in [0.25, 0.3) is 5.91 Å². The fourth-order valence-electron chi connectivity index (χ4n) is 6.53. The number of fused-ring (bicyclic) bond motifs is 1. The molecule has 5 heteroatoms. The molecule has 5 aliphatic rings. The Morgan fingerprint density at radius 2 is 1.48 bits per heavy atom. The average Bonchev–Trinajstić information content (AvgIpc) is 3.62. The Morgan fingerprint density at radius 3 is 2.24 bits per heavy atom. The highest BCUT2D eigenvalue weighted by Crippen LogP contribution is 2.65. The van der Waals surface area contributed by atoms with Crippen molar-refractivity contribution >= 4 is 39.9 Å². The Morgan fingerprint density at radius 1 is 0.818 bits per heavy atom. The van der Waals surface area contributed by atoms with Gasteiger partial charge in [0.2, 0.25) is 11.8 Å². The fourth-order valence-corrected chi connectivity index (χ4v) is 6.53. The lowest BCUT2D eigenvalue weighted by Crippen LogP contribution is -2.40. The predicted molar refractivity (Wildman–Crippen MR) is 126 cm³/mol. The van der Waals surface area contributed by atoms with Gasteiger partial charge in [0.1, 0.15) is 0 Å². The summed E-state index contributed by atoms with van der Waals surface area (Å²) < 4.78 is 0. The molecule has 0 aromatic heterocycles. The number of anilines is 2. The zero-order valence-electron chi connectivity index (χ0n) is 17.8. The number of benzene rings is 3. The van der Waals surface area contributed by atoms with Crippen molar-refractivity contribution in [3.63, 3.8) is 0 Å². The van der Waals surface area contributed by atoms with Gasteiger partial charge in [0, 0.05) is 16.6 Å². The van der Waals surface area contributed by atoms with Crippen LogP contribution < -0.4 is 10.2 Å². The van der Waals surface area contributed by atoms with Gasteiger partial charge in [-0.25, -0.2) is 4.90 Å². The molecule has 162 valence electrons. The molecule has 2 saturated carbocycles. The first-order chi connectivity index (χ1) is 16.1. The number of rotatable bonds is 3. The second kappa shape index (κ2) is 6.64. The van der Waals surface area contributed by atoms with E-state index in [1.54, 1.807) is 24.3 Å². The van der Waals surface area contributed by atoms with Crippen molar-refractivity contribution in [1.29, 1.82) is 0 Å². The number of hydrogen-bond acceptors (Lipinski definition) is 3. The van der Waals surface area contributed by atoms with E-state index in [9.17, 15) is 14.4 Å². The van der Waals surface area contributed by atoms with Crippen LogP contribution in [0.2, 0.25) is 0 Å². The lowest BCUT2D eigenvalue weighted by atomic mass is 9.63. The van der Waals surface area contributed by atoms with Crippen LogP contribution >= 0.6 is 0 Å². The fraction of sp³-hybridized carbons (Fsp3) is 0.250. The van der Waals surface area contributed by atoms with Gasteiger partial charge in [-0.05, 0) is 59.7 Å². The third-order valence-electron chi connectivity index (χ3n) is 8.07. The molecule has 3 amide bonds. The van der Waals surface area contributed by atoms with Crippen LogP contribution in [0.3, 0.4) is 0 Å². The molecule has 0 radical (unpaired) electrons. The molecule has 1 heterocycles. The van der Waals surface area contributed by atoms with Crippen molar-refractivity contribution in [1.82, 2.24) is 0 Å². The second-order valence-corrected chi connectivity index (χ2v) is 9.70. The number of nitrogens with zero attached hydrogens (tertiary/aromatic N) is 1. The zero-order valence-corrected chi connectivity index (χ0v) is 17.8. The van der Waals surface area contributed by atoms with E-state index < -0.39 is 0 Å². The van der Waals surface area contributed by atoms with Crippen molar-refractivity contribution in [2.24, 2.45) is 35.5 Å². The van der Waals surface area contributed by atoms with E-state index in [2.05, 4.69) is 17.5 Å². The van der Waals surface area contributed by atoms with E-state index in [1.165, 1.54) is 4.90 Å². The van der Waals surface area contributed by atoms with Gasteiger partial charge >= 0.3 is 0 Å². The summed E-state index contributed by atoms with van der Waals surface area (Å²) in [7, 11) is 0. The highest BCUT2D eigenvalue weighted by atomic mass is 16.2. The van der Waals surface area contributed by atoms with Gasteiger partial charge in [-0.15, -0.1) is 0 Å². The quantitative estimate of drug-likeness (QED) is 0.482. The van der Waals surface area contributed by atoms with Gasteiger partial charge in [0.15, 0.2) is 0 Å². The Hall–Kier alpha value is -3.73. The highest BCUT2D eigenvalue weighted by Gasteiger charge is 2.67. The second-order valence-electron chi connectivity index (χ2n) is 9.70. The molecule has 8 rings (SSSR count). The zero-order chi connectivity index (χ0) is 22.3. The number of amides is 3. The van der Waals surface area contributed by atoms with Crippen molar-refractivity contribution in [2.75, 3.05) is 10.2 Å². The van der Waals surface area contributed by atoms with E-state index in [1.807, 2.05) is 42.5 Å². The smallest absolute Gasteiger partial charge is 0.255 e. The molecule has 2 bridgehead atoms. The summed E-state index contributed by atoms with van der Waals surface area (Å²) in [6, 6.07) is 20.5. The maximum Gasteiger partial charge on any atom is 0.255 e. The van der Waals surface area contributed by atoms with Crippen molar-refractivity contribution in [3.8, 4) is 0 Å². The summed E-state index contributed by atoms with van der Waals surface area (Å²) in [6.07, 6.45) is 5.48. The van der Waals surface area contributed by atoms with Crippen LogP contribution in [0.5, 0.6) is 0 Å². The van der Waals surface area contributed by atoms with Crippen LogP contribution in [0.15, 0.2) is 78.9 Å². The van der Waals surface area contributed by atoms with Gasteiger partial charge in [-0.2, -0.15) is 0 Å². The first-order valence-electron chi connectivity index (χ1n) is 11.6. The summed E-state index contributed by atoms with van der Waals surface area (Å²) in [6.45, 7) is 0. The van der Waals surface area contributed by atoms with Gasteiger partial charge in [-0.3, -0.25) is 14.4 Å². The molecule has 4 aliphatic carbocycles. The number of imide groups is 1. The summed E-state index contributed by atoms with van der Waals surface area (Å²) in [4.78, 5) is 41.2. The molecule has 6 atom stereocenters. The topological polar surface area (TPSA) is 66.5 Å². The lowest BCUT2D eigenvalue weighted by Gasteiger charge is -2.37. The number of hydrogen-bond donors (Lipinski definition) is 1. The molecule has 0 spiro atoms. The van der Waals surface area contributed by atoms with E-state index in [-0.39, 0.29) is 41.4 Å². The lowest BCUT2D eigenvalue weighted by molar-refractivity contribution is -0.124. The van der Waals surface area contributed by atoms with E-state index in [4.69, 9.17) is 0 Å². The molecule has 1 aliphatic heterocycles. The molecule has 5 nitrogen and oxygen atoms in total. The predicted octanol–water partition coefficient (Wildman–Crippen LogP) is 4.65. The normalized spacial score (nSPS) is 31.0. The van der Waals surface area contributed by atoms with Crippen LogP contribution in [-0.4, -0.2) is 17.7 Å². The third kappa shape index (κ3) is 2.62. The minimum Gasteiger partial charge on any atom is -0.321 e. The minimum absolute atomic E-state index is 0.110. The standard InChI is InChI=1S/C28H22N2O3/c31-26(29-23-10-4-6-15-5-1-2-9-18(15)23)16-7-3-8-17(13-16)30-27(32)24-19-11-12-20(22-14-21(19)22)25(24)28(30)33/h1-13,19-22,24-25H,14H2,(H,29,31)/t19-,20-,21-,22-,24-,25+/m1/s1. The summed E-state index contributed by atoms with van der Waals surface area (Å²) in [5.41, 5.74) is 1.63. The third-order valence-corrected chi connectivity index (χ3v) is 8.07. The minimum atomic E-state index is -0.271. The molecular formula is C28H22N2O3. The Labute approximate surface area is 191 Å². The molecule has 33 heavy (non-hydrogen) atoms. The van der Waals surface area contributed by atoms with Gasteiger partial charge < -0.3 is 5.32 Å². The summed E-state index contributed by atoms with van der Waals surface area (Å²) in [5.74, 6) is 0.518. The van der Waals surface area contributed by atoms with Crippen LogP contribution in [0, 0.1) is 35.5 Å². The molecule has 1 saturated heterocycles. The average molecular weight is 434 g/mol. The Bertz CT molecular complexity index is 1350. The molecule has 3 aromatic carbocycles. The number of allylic oxidation sites excluding steroid dienone is 2. The number of carbonyl (C=O) groups is 3. The van der Waals surface area contributed by atoms with E-state index >= 15 is 0 Å². The maximum atomic E-state index is 13.4. The Balaban J connectivity index is 1.19. The molecular weight excluding hydrogens is 412 g/mol. The maximum absolute atomic E-state index is 13.4. The van der Waals surface area contributed by atoms with Crippen LogP contribution in [0.1, 0.15) is 16.8 Å². The van der Waals surface area contributed by atoms with E-state index in [0.717, 1.165) is 22.9 Å². The highest BCUT2D eigenvalue weighted by molar-refractivity contribution is 6.23. The van der Waals surface area contributed by atoms with Gasteiger partial charge in [0.05, 0.1) is 17.5 Å². The van der Waals surface area contributed by atoms with Crippen molar-refractivity contribution < 1.29 is 14.4 Å². The van der Waals surface area contributed by atoms with Crippen LogP contribution in [0.25, 0.3) is 10.8 Å². The molecule has 3 aromatic rings. The van der Waals surface area contributed by atoms with Crippen molar-refractivity contribution in [3.05, 3.63) is 84.4 Å².